The smallest absolute Gasteiger partial charge is 0.321 e. The fourth-order valence-corrected chi connectivity index (χ4v) is 2.27. The standard InChI is InChI=1S/C15H21N3O3/c1-17-7-9-18(10-8-17)15(21)16-13-4-2-3-12(11-13)5-6-14(19)20/h2-4,11H,5-10H2,1H3,(H,16,21)(H,19,20). The number of carbonyl (C=O) groups excluding carboxylic acids is 1. The highest BCUT2D eigenvalue weighted by atomic mass is 16.4. The first-order valence-electron chi connectivity index (χ1n) is 7.10. The Bertz CT molecular complexity index is 511. The summed E-state index contributed by atoms with van der Waals surface area (Å²) in [7, 11) is 2.04. The molecule has 0 unspecified atom stereocenters. The number of aliphatic carboxylic acids is 1. The van der Waals surface area contributed by atoms with Crippen LogP contribution in [0.15, 0.2) is 24.3 Å². The van der Waals surface area contributed by atoms with Crippen LogP contribution in [0.5, 0.6) is 0 Å². The molecule has 2 amide bonds. The minimum Gasteiger partial charge on any atom is -0.481 e. The zero-order chi connectivity index (χ0) is 15.2. The monoisotopic (exact) mass is 291 g/mol. The highest BCUT2D eigenvalue weighted by molar-refractivity contribution is 5.89. The summed E-state index contributed by atoms with van der Waals surface area (Å²) < 4.78 is 0. The third kappa shape index (κ3) is 4.75. The van der Waals surface area contributed by atoms with Gasteiger partial charge in [-0.25, -0.2) is 4.79 Å². The van der Waals surface area contributed by atoms with Crippen molar-refractivity contribution in [1.29, 1.82) is 0 Å². The van der Waals surface area contributed by atoms with E-state index in [2.05, 4.69) is 10.2 Å². The number of carbonyl (C=O) groups is 2. The summed E-state index contributed by atoms with van der Waals surface area (Å²) >= 11 is 0. The lowest BCUT2D eigenvalue weighted by Crippen LogP contribution is -2.48. The molecule has 0 bridgehead atoms. The molecular weight excluding hydrogens is 270 g/mol. The molecule has 1 saturated heterocycles. The molecule has 6 nitrogen and oxygen atoms in total. The van der Waals surface area contributed by atoms with Crippen molar-refractivity contribution in [2.45, 2.75) is 12.8 Å². The van der Waals surface area contributed by atoms with Crippen molar-refractivity contribution in [1.82, 2.24) is 9.80 Å². The Morgan fingerprint density at radius 2 is 1.95 bits per heavy atom. The maximum Gasteiger partial charge on any atom is 0.321 e. The van der Waals surface area contributed by atoms with Crippen molar-refractivity contribution in [2.24, 2.45) is 0 Å². The summed E-state index contributed by atoms with van der Waals surface area (Å²) in [4.78, 5) is 26.7. The predicted octanol–water partition coefficient (Wildman–Crippen LogP) is 1.48. The van der Waals surface area contributed by atoms with Gasteiger partial charge in [0.15, 0.2) is 0 Å². The molecular formula is C15H21N3O3. The van der Waals surface area contributed by atoms with Gasteiger partial charge in [-0.05, 0) is 31.2 Å². The second kappa shape index (κ2) is 7.08. The lowest BCUT2D eigenvalue weighted by atomic mass is 10.1. The Hall–Kier alpha value is -2.08. The van der Waals surface area contributed by atoms with E-state index in [-0.39, 0.29) is 12.5 Å². The molecule has 1 aliphatic heterocycles. The highest BCUT2D eigenvalue weighted by Crippen LogP contribution is 2.13. The van der Waals surface area contributed by atoms with E-state index in [4.69, 9.17) is 5.11 Å². The molecule has 1 aromatic rings. The van der Waals surface area contributed by atoms with Gasteiger partial charge in [0, 0.05) is 38.3 Å². The topological polar surface area (TPSA) is 72.9 Å². The number of hydrogen-bond donors (Lipinski definition) is 2. The normalized spacial score (nSPS) is 15.8. The van der Waals surface area contributed by atoms with E-state index in [0.717, 1.165) is 31.7 Å². The van der Waals surface area contributed by atoms with E-state index in [1.165, 1.54) is 0 Å². The van der Waals surface area contributed by atoms with Crippen molar-refractivity contribution < 1.29 is 14.7 Å². The van der Waals surface area contributed by atoms with Crippen LogP contribution in [-0.4, -0.2) is 60.1 Å². The Morgan fingerprint density at radius 1 is 1.24 bits per heavy atom. The summed E-state index contributed by atoms with van der Waals surface area (Å²) in [6.45, 7) is 3.21. The van der Waals surface area contributed by atoms with Crippen LogP contribution in [0.25, 0.3) is 0 Å². The quantitative estimate of drug-likeness (QED) is 0.881. The van der Waals surface area contributed by atoms with E-state index >= 15 is 0 Å². The van der Waals surface area contributed by atoms with Crippen LogP contribution in [0, 0.1) is 0 Å². The number of rotatable bonds is 4. The molecule has 0 radical (unpaired) electrons. The summed E-state index contributed by atoms with van der Waals surface area (Å²) in [5.74, 6) is -0.818. The summed E-state index contributed by atoms with van der Waals surface area (Å²) in [6.07, 6.45) is 0.559. The highest BCUT2D eigenvalue weighted by Gasteiger charge is 2.18. The first kappa shape index (κ1) is 15.3. The van der Waals surface area contributed by atoms with Gasteiger partial charge in [-0.15, -0.1) is 0 Å². The average Bonchev–Trinajstić information content (AvgIpc) is 2.46. The van der Waals surface area contributed by atoms with Crippen LogP contribution < -0.4 is 5.32 Å². The van der Waals surface area contributed by atoms with Gasteiger partial charge in [-0.2, -0.15) is 0 Å². The Labute approximate surface area is 124 Å². The number of aryl methyl sites for hydroxylation is 1. The Balaban J connectivity index is 1.91. The lowest BCUT2D eigenvalue weighted by molar-refractivity contribution is -0.136. The maximum absolute atomic E-state index is 12.2. The predicted molar refractivity (Wildman–Crippen MR) is 80.5 cm³/mol. The van der Waals surface area contributed by atoms with Gasteiger partial charge in [-0.3, -0.25) is 4.79 Å². The molecule has 2 N–H and O–H groups in total. The number of nitrogens with zero attached hydrogens (tertiary/aromatic N) is 2. The van der Waals surface area contributed by atoms with Crippen LogP contribution in [0.3, 0.4) is 0 Å². The Morgan fingerprint density at radius 3 is 2.62 bits per heavy atom. The SMILES string of the molecule is CN1CCN(C(=O)Nc2cccc(CCC(=O)O)c2)CC1. The molecule has 1 aliphatic rings. The summed E-state index contributed by atoms with van der Waals surface area (Å²) in [6, 6.07) is 7.25. The molecule has 1 fully saturated rings. The Kier molecular flexibility index (Phi) is 5.16. The molecule has 0 spiro atoms. The molecule has 114 valence electrons. The number of hydrogen-bond acceptors (Lipinski definition) is 3. The van der Waals surface area contributed by atoms with Gasteiger partial charge in [0.05, 0.1) is 0 Å². The van der Waals surface area contributed by atoms with Crippen LogP contribution in [0.2, 0.25) is 0 Å². The average molecular weight is 291 g/mol. The number of anilines is 1. The number of nitrogens with one attached hydrogen (secondary N) is 1. The van der Waals surface area contributed by atoms with Crippen molar-refractivity contribution in [3.05, 3.63) is 29.8 Å². The fourth-order valence-electron chi connectivity index (χ4n) is 2.27. The largest absolute Gasteiger partial charge is 0.481 e. The molecule has 0 aliphatic carbocycles. The molecule has 0 atom stereocenters. The molecule has 1 aromatic carbocycles. The number of piperazine rings is 1. The maximum atomic E-state index is 12.2. The van der Waals surface area contributed by atoms with E-state index in [1.54, 1.807) is 4.90 Å². The number of benzene rings is 1. The van der Waals surface area contributed by atoms with E-state index < -0.39 is 5.97 Å². The van der Waals surface area contributed by atoms with E-state index in [9.17, 15) is 9.59 Å². The molecule has 0 aromatic heterocycles. The van der Waals surface area contributed by atoms with Crippen molar-refractivity contribution in [3.63, 3.8) is 0 Å². The van der Waals surface area contributed by atoms with E-state index in [1.807, 2.05) is 31.3 Å². The molecule has 1 heterocycles. The number of amides is 2. The zero-order valence-corrected chi connectivity index (χ0v) is 12.2. The number of likely N-dealkylation sites (N-methyl/N-ethyl adjacent to an activating group) is 1. The van der Waals surface area contributed by atoms with Crippen molar-refractivity contribution >= 4 is 17.7 Å². The van der Waals surface area contributed by atoms with Gasteiger partial charge >= 0.3 is 12.0 Å². The van der Waals surface area contributed by atoms with Gasteiger partial charge in [0.1, 0.15) is 0 Å². The summed E-state index contributed by atoms with van der Waals surface area (Å²) in [5, 5.41) is 11.6. The second-order valence-corrected chi connectivity index (χ2v) is 5.31. The number of carboxylic acid groups (broad SMARTS) is 1. The lowest BCUT2D eigenvalue weighted by Gasteiger charge is -2.32. The van der Waals surface area contributed by atoms with E-state index in [0.29, 0.717) is 12.1 Å². The third-order valence-electron chi connectivity index (χ3n) is 3.60. The first-order valence-corrected chi connectivity index (χ1v) is 7.10. The second-order valence-electron chi connectivity index (χ2n) is 5.31. The zero-order valence-electron chi connectivity index (χ0n) is 12.2. The van der Waals surface area contributed by atoms with Crippen LogP contribution in [0.1, 0.15) is 12.0 Å². The van der Waals surface area contributed by atoms with Crippen molar-refractivity contribution in [3.8, 4) is 0 Å². The van der Waals surface area contributed by atoms with Gasteiger partial charge in [-0.1, -0.05) is 12.1 Å². The van der Waals surface area contributed by atoms with Gasteiger partial charge in [0.2, 0.25) is 0 Å². The molecule has 0 saturated carbocycles. The minimum absolute atomic E-state index is 0.0931. The van der Waals surface area contributed by atoms with Gasteiger partial charge in [0.25, 0.3) is 0 Å². The van der Waals surface area contributed by atoms with Crippen molar-refractivity contribution in [2.75, 3.05) is 38.5 Å². The summed E-state index contributed by atoms with van der Waals surface area (Å²) in [5.41, 5.74) is 1.62. The molecule has 2 rings (SSSR count). The van der Waals surface area contributed by atoms with Crippen LogP contribution in [0.4, 0.5) is 10.5 Å². The fraction of sp³-hybridized carbons (Fsp3) is 0.467. The minimum atomic E-state index is -0.818. The number of carboxylic acids is 1. The number of urea groups is 1. The van der Waals surface area contributed by atoms with Crippen LogP contribution >= 0.6 is 0 Å². The van der Waals surface area contributed by atoms with Crippen LogP contribution in [-0.2, 0) is 11.2 Å². The first-order chi connectivity index (χ1) is 10.0. The molecule has 21 heavy (non-hydrogen) atoms. The molecule has 6 heteroatoms. The van der Waals surface area contributed by atoms with Gasteiger partial charge < -0.3 is 20.2 Å². The third-order valence-corrected chi connectivity index (χ3v) is 3.60.